The summed E-state index contributed by atoms with van der Waals surface area (Å²) in [7, 11) is 0. The van der Waals surface area contributed by atoms with Gasteiger partial charge in [-0.15, -0.1) is 0 Å². The molecule has 24 atom stereocenters. The van der Waals surface area contributed by atoms with Crippen molar-refractivity contribution in [1.29, 1.82) is 0 Å². The molecule has 0 aliphatic carbocycles. The summed E-state index contributed by atoms with van der Waals surface area (Å²) >= 11 is 0. The molecule has 336 valence electrons. The van der Waals surface area contributed by atoms with Crippen LogP contribution in [0.4, 0.5) is 0 Å². The lowest BCUT2D eigenvalue weighted by atomic mass is 9.94. The van der Waals surface area contributed by atoms with Crippen LogP contribution in [0.1, 0.15) is 0 Å². The van der Waals surface area contributed by atoms with Gasteiger partial charge in [0.05, 0.1) is 51.2 Å². The molecule has 0 aromatic heterocycles. The van der Waals surface area contributed by atoms with E-state index in [4.69, 9.17) is 65.3 Å². The van der Waals surface area contributed by atoms with Crippen molar-refractivity contribution < 1.29 is 120 Å². The Balaban J connectivity index is 0.000000273. The predicted octanol–water partition coefficient (Wildman–Crippen LogP) is -13.1. The van der Waals surface area contributed by atoms with Crippen LogP contribution in [0.2, 0.25) is 0 Å². The Hall–Kier alpha value is -1.08. The van der Waals surface area contributed by atoms with E-state index in [9.17, 15) is 71.5 Å². The van der Waals surface area contributed by atoms with Crippen molar-refractivity contribution in [3.8, 4) is 0 Å². The normalized spacial score (nSPS) is 51.9. The standard InChI is InChI=1S/C18H35N3O13.C12H22O11/c19-7-12(27)14(5(2-23)30-16(7)29)33-18-9(21)13(28)15(6(3-24)32-18)34-17-8(20)11(26)10(25)4(1-22)31-17;13-1-4-6(16)8(18)9(19)11(21-4)23-12(3-15)10(20)7(17)5(2-14)22-12/h4-18,22-29H,1-3,19-21H2;4-11,13-20H,1-3H2/t4-,5-,6-,7?,8-,9?,10-,11-,12?,13-,14?,15?,16?,17+,18+;4-,5-,6-,7-,8+,9-,10+,11-,12?/m11/s1. The van der Waals surface area contributed by atoms with Crippen LogP contribution in [-0.2, 0) is 37.9 Å². The van der Waals surface area contributed by atoms with E-state index in [0.29, 0.717) is 0 Å². The van der Waals surface area contributed by atoms with E-state index in [2.05, 4.69) is 0 Å². The Morgan fingerprint density at radius 1 is 0.421 bits per heavy atom. The largest absolute Gasteiger partial charge is 0.394 e. The third-order valence-corrected chi connectivity index (χ3v) is 10.4. The topological polar surface area (TPSA) is 476 Å². The molecule has 0 bridgehead atoms. The second-order valence-electron chi connectivity index (χ2n) is 14.2. The molecule has 0 amide bonds. The Labute approximate surface area is 323 Å². The molecule has 7 unspecified atom stereocenters. The van der Waals surface area contributed by atoms with Crippen molar-refractivity contribution in [2.24, 2.45) is 17.2 Å². The number of ether oxygens (including phenoxy) is 8. The molecule has 57 heavy (non-hydrogen) atoms. The third kappa shape index (κ3) is 10.0. The van der Waals surface area contributed by atoms with E-state index in [-0.39, 0.29) is 0 Å². The summed E-state index contributed by atoms with van der Waals surface area (Å²) in [5.74, 6) is -2.22. The molecular weight excluding hydrogens is 786 g/mol. The maximum Gasteiger partial charge on any atom is 0.224 e. The Kier molecular flexibility index (Phi) is 17.6. The molecule has 22 N–H and O–H groups in total. The molecule has 27 heteroatoms. The van der Waals surface area contributed by atoms with Gasteiger partial charge in [0.25, 0.3) is 0 Å². The molecule has 5 aliphatic rings. The van der Waals surface area contributed by atoms with Crippen LogP contribution in [0.3, 0.4) is 0 Å². The van der Waals surface area contributed by atoms with Crippen LogP contribution in [0.5, 0.6) is 0 Å². The molecule has 0 spiro atoms. The first-order chi connectivity index (χ1) is 26.9. The predicted molar refractivity (Wildman–Crippen MR) is 176 cm³/mol. The first kappa shape index (κ1) is 48.6. The first-order valence-electron chi connectivity index (χ1n) is 17.9. The fourth-order valence-electron chi connectivity index (χ4n) is 6.82. The SMILES string of the molecule is NC1C(O)O[C@H](CO)C(O[C@@H]2O[C@H](CO)C(O[C@@H]3O[C@H](CO)[C@@H](O)[C@H](O)[C@H]3N)[C@H](O)C2N)C1O.OC[C@H]1OC(CO)(O[C@H]2O[C@H](CO)[C@@H](O)[C@H](O)[C@H]2O)[C@@H](O)[C@@H]1O. The van der Waals surface area contributed by atoms with Gasteiger partial charge in [-0.05, 0) is 0 Å². The number of nitrogens with two attached hydrogens (primary N) is 3. The van der Waals surface area contributed by atoms with Gasteiger partial charge in [-0.25, -0.2) is 0 Å². The van der Waals surface area contributed by atoms with Gasteiger partial charge in [0.15, 0.2) is 25.2 Å². The Bertz CT molecular complexity index is 1220. The number of aliphatic hydroxyl groups is 16. The summed E-state index contributed by atoms with van der Waals surface area (Å²) in [6, 6.07) is -3.87. The van der Waals surface area contributed by atoms with Crippen molar-refractivity contribution in [2.75, 3.05) is 39.6 Å². The molecule has 0 aromatic rings. The summed E-state index contributed by atoms with van der Waals surface area (Å²) in [6.45, 7) is -4.32. The monoisotopic (exact) mass is 843 g/mol. The lowest BCUT2D eigenvalue weighted by molar-refractivity contribution is -0.383. The van der Waals surface area contributed by atoms with Crippen LogP contribution < -0.4 is 17.2 Å². The smallest absolute Gasteiger partial charge is 0.224 e. The van der Waals surface area contributed by atoms with Gasteiger partial charge in [0.1, 0.15) is 104 Å². The highest BCUT2D eigenvalue weighted by atomic mass is 16.8. The van der Waals surface area contributed by atoms with Gasteiger partial charge in [-0.2, -0.15) is 0 Å². The molecule has 5 saturated heterocycles. The van der Waals surface area contributed by atoms with Crippen LogP contribution in [0.25, 0.3) is 0 Å². The van der Waals surface area contributed by atoms with Gasteiger partial charge < -0.3 is 137 Å². The minimum absolute atomic E-state index is 0.651. The molecular formula is C30H57N3O24. The number of hydrogen-bond donors (Lipinski definition) is 19. The highest BCUT2D eigenvalue weighted by molar-refractivity contribution is 5.00. The zero-order valence-electron chi connectivity index (χ0n) is 30.2. The molecule has 0 radical (unpaired) electrons. The Morgan fingerprint density at radius 3 is 1.32 bits per heavy atom. The van der Waals surface area contributed by atoms with Crippen molar-refractivity contribution in [3.63, 3.8) is 0 Å². The van der Waals surface area contributed by atoms with Crippen molar-refractivity contribution in [1.82, 2.24) is 0 Å². The second kappa shape index (κ2) is 20.7. The lowest BCUT2D eigenvalue weighted by Crippen LogP contribution is -2.69. The summed E-state index contributed by atoms with van der Waals surface area (Å²) in [5, 5.41) is 156. The fraction of sp³-hybridized carbons (Fsp3) is 1.00. The summed E-state index contributed by atoms with van der Waals surface area (Å²) in [6.07, 6.45) is -29.4. The van der Waals surface area contributed by atoms with Gasteiger partial charge in [-0.3, -0.25) is 0 Å². The molecule has 5 heterocycles. The first-order valence-corrected chi connectivity index (χ1v) is 17.9. The highest BCUT2D eigenvalue weighted by Gasteiger charge is 2.58. The molecule has 5 rings (SSSR count). The average molecular weight is 844 g/mol. The van der Waals surface area contributed by atoms with Crippen molar-refractivity contribution in [3.05, 3.63) is 0 Å². The van der Waals surface area contributed by atoms with Crippen molar-refractivity contribution in [2.45, 2.75) is 147 Å². The molecule has 0 saturated carbocycles. The van der Waals surface area contributed by atoms with E-state index in [1.807, 2.05) is 0 Å². The molecule has 27 nitrogen and oxygen atoms in total. The Morgan fingerprint density at radius 2 is 0.842 bits per heavy atom. The van der Waals surface area contributed by atoms with Gasteiger partial charge in [-0.1, -0.05) is 0 Å². The van der Waals surface area contributed by atoms with Gasteiger partial charge >= 0.3 is 0 Å². The summed E-state index contributed by atoms with van der Waals surface area (Å²) in [5.41, 5.74) is 17.6. The van der Waals surface area contributed by atoms with Crippen LogP contribution >= 0.6 is 0 Å². The van der Waals surface area contributed by atoms with E-state index >= 15 is 0 Å². The number of rotatable bonds is 12. The minimum Gasteiger partial charge on any atom is -0.394 e. The maximum absolute atomic E-state index is 10.8. The summed E-state index contributed by atoms with van der Waals surface area (Å²) in [4.78, 5) is 0. The minimum atomic E-state index is -2.22. The van der Waals surface area contributed by atoms with Crippen LogP contribution in [0, 0.1) is 0 Å². The van der Waals surface area contributed by atoms with E-state index in [1.54, 1.807) is 0 Å². The quantitative estimate of drug-likeness (QED) is 0.0867. The number of aliphatic hydroxyl groups excluding tert-OH is 16. The third-order valence-electron chi connectivity index (χ3n) is 10.4. The van der Waals surface area contributed by atoms with Crippen LogP contribution in [-0.4, -0.2) is 268 Å². The number of hydrogen-bond acceptors (Lipinski definition) is 27. The van der Waals surface area contributed by atoms with Gasteiger partial charge in [0, 0.05) is 0 Å². The molecule has 5 aliphatic heterocycles. The molecule has 0 aromatic carbocycles. The average Bonchev–Trinajstić information content (AvgIpc) is 3.45. The lowest BCUT2D eigenvalue weighted by Gasteiger charge is -2.48. The zero-order chi connectivity index (χ0) is 42.7. The van der Waals surface area contributed by atoms with Crippen LogP contribution in [0.15, 0.2) is 0 Å². The maximum atomic E-state index is 10.8. The molecule has 5 fully saturated rings. The van der Waals surface area contributed by atoms with E-state index in [0.717, 1.165) is 0 Å². The fourth-order valence-corrected chi connectivity index (χ4v) is 6.82. The van der Waals surface area contributed by atoms with Gasteiger partial charge in [0.2, 0.25) is 5.79 Å². The van der Waals surface area contributed by atoms with Crippen molar-refractivity contribution >= 4 is 0 Å². The second-order valence-corrected chi connectivity index (χ2v) is 14.2. The zero-order valence-corrected chi connectivity index (χ0v) is 30.2. The summed E-state index contributed by atoms with van der Waals surface area (Å²) < 4.78 is 42.9. The van der Waals surface area contributed by atoms with E-state index in [1.165, 1.54) is 0 Å². The highest BCUT2D eigenvalue weighted by Crippen LogP contribution is 2.36. The van der Waals surface area contributed by atoms with E-state index < -0.39 is 186 Å².